The van der Waals surface area contributed by atoms with Crippen LogP contribution in [0.2, 0.25) is 0 Å². The van der Waals surface area contributed by atoms with Crippen molar-refractivity contribution in [1.82, 2.24) is 10.3 Å². The van der Waals surface area contributed by atoms with E-state index in [2.05, 4.69) is 46.4 Å². The van der Waals surface area contributed by atoms with Gasteiger partial charge in [-0.3, -0.25) is 0 Å². The Morgan fingerprint density at radius 3 is 2.65 bits per heavy atom. The number of nitrogens with one attached hydrogen (secondary N) is 1. The second-order valence-corrected chi connectivity index (χ2v) is 8.54. The Kier molecular flexibility index (Phi) is 6.50. The van der Waals surface area contributed by atoms with E-state index >= 15 is 0 Å². The van der Waals surface area contributed by atoms with Crippen molar-refractivity contribution in [1.29, 1.82) is 0 Å². The molecule has 1 aromatic heterocycles. The van der Waals surface area contributed by atoms with Crippen LogP contribution in [0.25, 0.3) is 10.9 Å². The summed E-state index contributed by atoms with van der Waals surface area (Å²) in [4.78, 5) is 16.6. The Morgan fingerprint density at radius 2 is 1.94 bits per heavy atom. The number of fused-ring (bicyclic) bond motifs is 1. The number of aryl methyl sites for hydroxylation is 1. The van der Waals surface area contributed by atoms with Crippen molar-refractivity contribution < 1.29 is 9.53 Å². The SMILES string of the molecule is CC#Cc1c(N)nc2ccccc2c1Cc1ccc(C)c(CNC(=O)OC(C)(C)C)c1. The number of pyridine rings is 1. The van der Waals surface area contributed by atoms with E-state index in [1.807, 2.05) is 45.9 Å². The summed E-state index contributed by atoms with van der Waals surface area (Å²) < 4.78 is 5.34. The number of rotatable bonds is 4. The average Bonchev–Trinajstić information content (AvgIpc) is 2.69. The van der Waals surface area contributed by atoms with Gasteiger partial charge >= 0.3 is 6.09 Å². The number of para-hydroxylation sites is 1. The standard InChI is InChI=1S/C26H29N3O2/c1-6-9-21-22(20-10-7-8-11-23(20)29-24(21)27)15-18-13-12-17(2)19(14-18)16-28-25(30)31-26(3,4)5/h7-8,10-14H,15-16H2,1-5H3,(H2,27,29)(H,28,30). The second kappa shape index (κ2) is 9.09. The molecule has 5 heteroatoms. The second-order valence-electron chi connectivity index (χ2n) is 8.54. The molecule has 3 N–H and O–H groups in total. The van der Waals surface area contributed by atoms with Crippen molar-refractivity contribution in [3.8, 4) is 11.8 Å². The normalized spacial score (nSPS) is 11.0. The summed E-state index contributed by atoms with van der Waals surface area (Å²) in [5.74, 6) is 6.54. The lowest BCUT2D eigenvalue weighted by Crippen LogP contribution is -2.32. The van der Waals surface area contributed by atoms with Gasteiger partial charge in [-0.1, -0.05) is 42.3 Å². The average molecular weight is 416 g/mol. The van der Waals surface area contributed by atoms with Gasteiger partial charge in [-0.15, -0.1) is 5.92 Å². The number of amides is 1. The third-order valence-electron chi connectivity index (χ3n) is 4.89. The molecule has 31 heavy (non-hydrogen) atoms. The zero-order valence-electron chi connectivity index (χ0n) is 18.8. The molecule has 5 nitrogen and oxygen atoms in total. The predicted molar refractivity (Wildman–Crippen MR) is 126 cm³/mol. The smallest absolute Gasteiger partial charge is 0.407 e. The molecule has 3 rings (SSSR count). The van der Waals surface area contributed by atoms with Crippen LogP contribution in [0.1, 0.15) is 55.5 Å². The monoisotopic (exact) mass is 415 g/mol. The third kappa shape index (κ3) is 5.55. The maximum atomic E-state index is 12.1. The van der Waals surface area contributed by atoms with Crippen LogP contribution in [0.3, 0.4) is 0 Å². The van der Waals surface area contributed by atoms with Crippen LogP contribution >= 0.6 is 0 Å². The number of aromatic nitrogens is 1. The molecule has 0 aliphatic heterocycles. The topological polar surface area (TPSA) is 77.2 Å². The molecule has 0 saturated heterocycles. The molecule has 0 radical (unpaired) electrons. The Morgan fingerprint density at radius 1 is 1.19 bits per heavy atom. The minimum absolute atomic E-state index is 0.398. The first-order valence-corrected chi connectivity index (χ1v) is 10.3. The van der Waals surface area contributed by atoms with Gasteiger partial charge in [0.15, 0.2) is 0 Å². The van der Waals surface area contributed by atoms with Gasteiger partial charge in [0.05, 0.1) is 11.1 Å². The van der Waals surface area contributed by atoms with Crippen molar-refractivity contribution >= 4 is 22.8 Å². The molecule has 0 spiro atoms. The summed E-state index contributed by atoms with van der Waals surface area (Å²) in [6.45, 7) is 9.77. The first-order chi connectivity index (χ1) is 14.7. The van der Waals surface area contributed by atoms with Crippen LogP contribution in [-0.4, -0.2) is 16.7 Å². The van der Waals surface area contributed by atoms with E-state index in [0.29, 0.717) is 18.8 Å². The highest BCUT2D eigenvalue weighted by Crippen LogP contribution is 2.27. The van der Waals surface area contributed by atoms with E-state index in [4.69, 9.17) is 10.5 Å². The number of benzene rings is 2. The fourth-order valence-corrected chi connectivity index (χ4v) is 3.46. The number of nitrogens with zero attached hydrogens (tertiary/aromatic N) is 1. The molecule has 160 valence electrons. The van der Waals surface area contributed by atoms with Gasteiger partial charge in [-0.2, -0.15) is 0 Å². The predicted octanol–water partition coefficient (Wildman–Crippen LogP) is 5.11. The third-order valence-corrected chi connectivity index (χ3v) is 4.89. The molecular formula is C26H29N3O2. The van der Waals surface area contributed by atoms with Gasteiger partial charge in [0.25, 0.3) is 0 Å². The number of hydrogen-bond acceptors (Lipinski definition) is 4. The summed E-state index contributed by atoms with van der Waals surface area (Å²) in [5.41, 5.74) is 11.7. The number of ether oxygens (including phenoxy) is 1. The number of hydrogen-bond donors (Lipinski definition) is 2. The number of anilines is 1. The lowest BCUT2D eigenvalue weighted by atomic mass is 9.94. The summed E-state index contributed by atoms with van der Waals surface area (Å²) in [6.07, 6.45) is 0.238. The first kappa shape index (κ1) is 22.2. The molecule has 0 unspecified atom stereocenters. The zero-order valence-corrected chi connectivity index (χ0v) is 18.8. The number of carbonyl (C=O) groups is 1. The minimum atomic E-state index is -0.528. The number of nitrogen functional groups attached to an aromatic ring is 1. The van der Waals surface area contributed by atoms with E-state index in [9.17, 15) is 4.79 Å². The van der Waals surface area contributed by atoms with E-state index in [1.54, 1.807) is 6.92 Å². The van der Waals surface area contributed by atoms with Gasteiger partial charge < -0.3 is 15.8 Å². The number of nitrogens with two attached hydrogens (primary N) is 1. The quantitative estimate of drug-likeness (QED) is 0.580. The van der Waals surface area contributed by atoms with Gasteiger partial charge in [-0.25, -0.2) is 9.78 Å². The summed E-state index contributed by atoms with van der Waals surface area (Å²) in [7, 11) is 0. The molecule has 0 aliphatic carbocycles. The van der Waals surface area contributed by atoms with E-state index in [0.717, 1.165) is 38.7 Å². The van der Waals surface area contributed by atoms with Crippen LogP contribution in [0, 0.1) is 18.8 Å². The molecule has 0 aliphatic rings. The molecule has 2 aromatic carbocycles. The van der Waals surface area contributed by atoms with Gasteiger partial charge in [0, 0.05) is 11.9 Å². The van der Waals surface area contributed by atoms with Crippen molar-refractivity contribution in [2.75, 3.05) is 5.73 Å². The molecule has 3 aromatic rings. The van der Waals surface area contributed by atoms with Gasteiger partial charge in [0.1, 0.15) is 11.4 Å². The number of alkyl carbamates (subject to hydrolysis) is 1. The fourth-order valence-electron chi connectivity index (χ4n) is 3.46. The van der Waals surface area contributed by atoms with Crippen LogP contribution in [0.15, 0.2) is 42.5 Å². The van der Waals surface area contributed by atoms with E-state index in [-0.39, 0.29) is 0 Å². The van der Waals surface area contributed by atoms with Crippen molar-refractivity contribution in [3.63, 3.8) is 0 Å². The highest BCUT2D eigenvalue weighted by atomic mass is 16.6. The highest BCUT2D eigenvalue weighted by Gasteiger charge is 2.16. The first-order valence-electron chi connectivity index (χ1n) is 10.3. The Balaban J connectivity index is 1.92. The largest absolute Gasteiger partial charge is 0.444 e. The molecule has 1 amide bonds. The van der Waals surface area contributed by atoms with Crippen LogP contribution < -0.4 is 11.1 Å². The van der Waals surface area contributed by atoms with Crippen LogP contribution in [-0.2, 0) is 17.7 Å². The van der Waals surface area contributed by atoms with Gasteiger partial charge in [-0.05, 0) is 69.4 Å². The Bertz CT molecular complexity index is 1180. The highest BCUT2D eigenvalue weighted by molar-refractivity contribution is 5.87. The van der Waals surface area contributed by atoms with Crippen LogP contribution in [0.4, 0.5) is 10.6 Å². The maximum Gasteiger partial charge on any atom is 0.407 e. The summed E-state index contributed by atoms with van der Waals surface area (Å²) in [6, 6.07) is 14.2. The van der Waals surface area contributed by atoms with E-state index in [1.165, 1.54) is 0 Å². The van der Waals surface area contributed by atoms with Crippen molar-refractivity contribution in [2.24, 2.45) is 0 Å². The van der Waals surface area contributed by atoms with Crippen LogP contribution in [0.5, 0.6) is 0 Å². The molecule has 1 heterocycles. The summed E-state index contributed by atoms with van der Waals surface area (Å²) in [5, 5.41) is 3.89. The van der Waals surface area contributed by atoms with Crippen molar-refractivity contribution in [2.45, 2.75) is 53.2 Å². The minimum Gasteiger partial charge on any atom is -0.444 e. The Hall–Kier alpha value is -3.52. The number of carbonyl (C=O) groups excluding carboxylic acids is 1. The zero-order chi connectivity index (χ0) is 22.6. The summed E-state index contributed by atoms with van der Waals surface area (Å²) >= 11 is 0. The fraction of sp³-hybridized carbons (Fsp3) is 0.308. The maximum absolute atomic E-state index is 12.1. The van der Waals surface area contributed by atoms with Crippen molar-refractivity contribution in [3.05, 3.63) is 70.3 Å². The molecule has 0 atom stereocenters. The molecule has 0 bridgehead atoms. The lowest BCUT2D eigenvalue weighted by molar-refractivity contribution is 0.0523. The molecule has 0 fully saturated rings. The lowest BCUT2D eigenvalue weighted by Gasteiger charge is -2.20. The molecular weight excluding hydrogens is 386 g/mol. The Labute approximate surface area is 184 Å². The van der Waals surface area contributed by atoms with E-state index < -0.39 is 11.7 Å². The van der Waals surface area contributed by atoms with Gasteiger partial charge in [0.2, 0.25) is 0 Å². The molecule has 0 saturated carbocycles.